The topological polar surface area (TPSA) is 49.3 Å². The van der Waals surface area contributed by atoms with E-state index in [1.165, 1.54) is 5.56 Å². The van der Waals surface area contributed by atoms with Crippen LogP contribution in [-0.2, 0) is 4.79 Å². The Morgan fingerprint density at radius 2 is 1.93 bits per heavy atom. The van der Waals surface area contributed by atoms with Crippen LogP contribution in [0.3, 0.4) is 0 Å². The molecule has 0 saturated carbocycles. The second kappa shape index (κ2) is 8.39. The van der Waals surface area contributed by atoms with Crippen molar-refractivity contribution >= 4 is 5.91 Å². The van der Waals surface area contributed by atoms with Crippen molar-refractivity contribution in [1.29, 1.82) is 0 Å². The van der Waals surface area contributed by atoms with Gasteiger partial charge in [0.15, 0.2) is 0 Å². The van der Waals surface area contributed by atoms with Crippen LogP contribution in [0, 0.1) is 12.8 Å². The normalized spacial score (nSPS) is 21.6. The van der Waals surface area contributed by atoms with Crippen LogP contribution in [0.1, 0.15) is 42.9 Å². The Morgan fingerprint density at radius 1 is 1.11 bits per heavy atom. The van der Waals surface area contributed by atoms with Gasteiger partial charge in [0.05, 0.1) is 17.6 Å². The summed E-state index contributed by atoms with van der Waals surface area (Å²) in [6.45, 7) is 5.80. The molecule has 5 nitrogen and oxygen atoms in total. The highest BCUT2D eigenvalue weighted by Crippen LogP contribution is 2.29. The van der Waals surface area contributed by atoms with Crippen molar-refractivity contribution in [2.24, 2.45) is 5.92 Å². The second-order valence-electron chi connectivity index (χ2n) is 8.40. The van der Waals surface area contributed by atoms with E-state index in [0.717, 1.165) is 68.8 Å². The fraction of sp³-hybridized carbons (Fsp3) is 0.522. The maximum absolute atomic E-state index is 13.0. The van der Waals surface area contributed by atoms with Gasteiger partial charge in [-0.05, 0) is 58.8 Å². The SMILES string of the molecule is Cc1cccc(-c2cncc([C@@H]3CCCN(C(=O)C4CCN(C)CC4)C3)n2)c1. The van der Waals surface area contributed by atoms with E-state index in [1.54, 1.807) is 0 Å². The van der Waals surface area contributed by atoms with Crippen molar-refractivity contribution < 1.29 is 4.79 Å². The van der Waals surface area contributed by atoms with Crippen LogP contribution in [0.25, 0.3) is 11.3 Å². The maximum atomic E-state index is 13.0. The summed E-state index contributed by atoms with van der Waals surface area (Å²) in [6.07, 6.45) is 7.80. The number of benzene rings is 1. The highest BCUT2D eigenvalue weighted by Gasteiger charge is 2.31. The summed E-state index contributed by atoms with van der Waals surface area (Å²) in [6, 6.07) is 8.37. The first kappa shape index (κ1) is 19.1. The number of hydrogen-bond donors (Lipinski definition) is 0. The molecule has 0 unspecified atom stereocenters. The molecule has 148 valence electrons. The smallest absolute Gasteiger partial charge is 0.225 e. The Kier molecular flexibility index (Phi) is 5.72. The van der Waals surface area contributed by atoms with Crippen molar-refractivity contribution in [3.63, 3.8) is 0 Å². The van der Waals surface area contributed by atoms with Crippen molar-refractivity contribution in [2.45, 2.75) is 38.5 Å². The van der Waals surface area contributed by atoms with Gasteiger partial charge in [-0.1, -0.05) is 23.8 Å². The Labute approximate surface area is 167 Å². The molecule has 1 aromatic heterocycles. The number of likely N-dealkylation sites (tertiary alicyclic amines) is 2. The number of amides is 1. The summed E-state index contributed by atoms with van der Waals surface area (Å²) in [7, 11) is 2.14. The number of hydrogen-bond acceptors (Lipinski definition) is 4. The van der Waals surface area contributed by atoms with Gasteiger partial charge in [0, 0.05) is 36.7 Å². The second-order valence-corrected chi connectivity index (χ2v) is 8.40. The largest absolute Gasteiger partial charge is 0.342 e. The molecule has 1 aromatic carbocycles. The Bertz CT molecular complexity index is 829. The third kappa shape index (κ3) is 4.25. The van der Waals surface area contributed by atoms with E-state index < -0.39 is 0 Å². The first-order valence-corrected chi connectivity index (χ1v) is 10.5. The zero-order chi connectivity index (χ0) is 19.5. The predicted molar refractivity (Wildman–Crippen MR) is 111 cm³/mol. The molecule has 2 aromatic rings. The molecule has 2 aliphatic rings. The molecule has 0 spiro atoms. The number of piperidine rings is 2. The van der Waals surface area contributed by atoms with E-state index in [2.05, 4.69) is 53.0 Å². The van der Waals surface area contributed by atoms with Crippen LogP contribution in [0.5, 0.6) is 0 Å². The fourth-order valence-corrected chi connectivity index (χ4v) is 4.45. The molecule has 0 bridgehead atoms. The van der Waals surface area contributed by atoms with E-state index in [0.29, 0.717) is 5.91 Å². The number of carbonyl (C=O) groups is 1. The van der Waals surface area contributed by atoms with Gasteiger partial charge >= 0.3 is 0 Å². The predicted octanol–water partition coefficient (Wildman–Crippen LogP) is 3.50. The molecule has 2 fully saturated rings. The average molecular weight is 379 g/mol. The van der Waals surface area contributed by atoms with Gasteiger partial charge in [0.1, 0.15) is 0 Å². The van der Waals surface area contributed by atoms with Gasteiger partial charge in [-0.15, -0.1) is 0 Å². The van der Waals surface area contributed by atoms with Crippen LogP contribution in [0.4, 0.5) is 0 Å². The lowest BCUT2D eigenvalue weighted by atomic mass is 9.91. The first-order valence-electron chi connectivity index (χ1n) is 10.5. The molecule has 5 heteroatoms. The van der Waals surface area contributed by atoms with E-state index in [1.807, 2.05) is 12.4 Å². The Morgan fingerprint density at radius 3 is 2.71 bits per heavy atom. The third-order valence-electron chi connectivity index (χ3n) is 6.19. The molecule has 0 aliphatic carbocycles. The van der Waals surface area contributed by atoms with Crippen molar-refractivity contribution in [1.82, 2.24) is 19.8 Å². The van der Waals surface area contributed by atoms with Gasteiger partial charge in [-0.2, -0.15) is 0 Å². The summed E-state index contributed by atoms with van der Waals surface area (Å²) in [5.41, 5.74) is 4.25. The molecule has 1 amide bonds. The van der Waals surface area contributed by atoms with Gasteiger partial charge in [0.2, 0.25) is 5.91 Å². The van der Waals surface area contributed by atoms with E-state index >= 15 is 0 Å². The number of aromatic nitrogens is 2. The van der Waals surface area contributed by atoms with Crippen molar-refractivity contribution in [3.8, 4) is 11.3 Å². The van der Waals surface area contributed by atoms with Crippen molar-refractivity contribution in [3.05, 3.63) is 47.9 Å². The van der Waals surface area contributed by atoms with E-state index in [4.69, 9.17) is 4.98 Å². The highest BCUT2D eigenvalue weighted by atomic mass is 16.2. The number of rotatable bonds is 3. The molecular formula is C23H30N4O. The lowest BCUT2D eigenvalue weighted by molar-refractivity contribution is -0.138. The van der Waals surface area contributed by atoms with Crippen LogP contribution in [0.2, 0.25) is 0 Å². The standard InChI is InChI=1S/C23H30N4O/c1-17-5-3-6-19(13-17)21-14-24-15-22(25-21)20-7-4-10-27(16-20)23(28)18-8-11-26(2)12-9-18/h3,5-6,13-15,18,20H,4,7-12,16H2,1-2H3/t20-/m1/s1. The van der Waals surface area contributed by atoms with Crippen LogP contribution >= 0.6 is 0 Å². The van der Waals surface area contributed by atoms with Crippen molar-refractivity contribution in [2.75, 3.05) is 33.2 Å². The maximum Gasteiger partial charge on any atom is 0.225 e. The lowest BCUT2D eigenvalue weighted by Gasteiger charge is -2.37. The lowest BCUT2D eigenvalue weighted by Crippen LogP contribution is -2.45. The van der Waals surface area contributed by atoms with Crippen LogP contribution in [-0.4, -0.2) is 58.9 Å². The zero-order valence-corrected chi connectivity index (χ0v) is 17.0. The van der Waals surface area contributed by atoms with Crippen LogP contribution in [0.15, 0.2) is 36.7 Å². The molecule has 2 saturated heterocycles. The van der Waals surface area contributed by atoms with Gasteiger partial charge < -0.3 is 9.80 Å². The summed E-state index contributed by atoms with van der Waals surface area (Å²) in [5, 5.41) is 0. The van der Waals surface area contributed by atoms with Gasteiger partial charge in [-0.25, -0.2) is 4.98 Å². The molecule has 0 radical (unpaired) electrons. The highest BCUT2D eigenvalue weighted by molar-refractivity contribution is 5.79. The molecular weight excluding hydrogens is 348 g/mol. The third-order valence-corrected chi connectivity index (χ3v) is 6.19. The summed E-state index contributed by atoms with van der Waals surface area (Å²) in [5.74, 6) is 0.821. The minimum Gasteiger partial charge on any atom is -0.342 e. The molecule has 3 heterocycles. The van der Waals surface area contributed by atoms with Gasteiger partial charge in [-0.3, -0.25) is 9.78 Å². The number of nitrogens with zero attached hydrogens (tertiary/aromatic N) is 4. The van der Waals surface area contributed by atoms with Gasteiger partial charge in [0.25, 0.3) is 0 Å². The molecule has 0 N–H and O–H groups in total. The molecule has 28 heavy (non-hydrogen) atoms. The van der Waals surface area contributed by atoms with E-state index in [9.17, 15) is 4.79 Å². The average Bonchev–Trinajstić information content (AvgIpc) is 2.74. The fourth-order valence-electron chi connectivity index (χ4n) is 4.45. The Hall–Kier alpha value is -2.27. The molecule has 1 atom stereocenters. The summed E-state index contributed by atoms with van der Waals surface area (Å²) in [4.78, 5) is 26.8. The zero-order valence-electron chi connectivity index (χ0n) is 17.0. The summed E-state index contributed by atoms with van der Waals surface area (Å²) >= 11 is 0. The molecule has 2 aliphatic heterocycles. The summed E-state index contributed by atoms with van der Waals surface area (Å²) < 4.78 is 0. The minimum absolute atomic E-state index is 0.194. The molecule has 4 rings (SSSR count). The Balaban J connectivity index is 1.47. The number of aryl methyl sites for hydroxylation is 1. The van der Waals surface area contributed by atoms with Crippen LogP contribution < -0.4 is 0 Å². The quantitative estimate of drug-likeness (QED) is 0.820. The minimum atomic E-state index is 0.194. The number of carbonyl (C=O) groups excluding carboxylic acids is 1. The monoisotopic (exact) mass is 378 g/mol. The first-order chi connectivity index (χ1) is 13.6. The van der Waals surface area contributed by atoms with E-state index in [-0.39, 0.29) is 11.8 Å².